The van der Waals surface area contributed by atoms with Gasteiger partial charge < -0.3 is 4.74 Å². The number of benzene rings is 4. The van der Waals surface area contributed by atoms with Crippen molar-refractivity contribution in [3.63, 3.8) is 0 Å². The lowest BCUT2D eigenvalue weighted by Crippen LogP contribution is -2.48. The molecule has 6 rings (SSSR count). The zero-order valence-electron chi connectivity index (χ0n) is 24.2. The molecular weight excluding hydrogens is 520 g/mol. The number of hydrogen-bond donors (Lipinski definition) is 0. The lowest BCUT2D eigenvalue weighted by atomic mass is 10.0. The normalized spacial score (nSPS) is 15.2. The Morgan fingerprint density at radius 3 is 2.07 bits per heavy atom. The highest BCUT2D eigenvalue weighted by atomic mass is 16.5. The van der Waals surface area contributed by atoms with Gasteiger partial charge in [0.15, 0.2) is 5.82 Å². The molecule has 1 aromatic heterocycles. The minimum Gasteiger partial charge on any atom is -0.457 e. The Bertz CT molecular complexity index is 1590. The lowest BCUT2D eigenvalue weighted by molar-refractivity contribution is 0.113. The molecule has 1 fully saturated rings. The fraction of sp³-hybridized carbons (Fsp3) is 0.229. The summed E-state index contributed by atoms with van der Waals surface area (Å²) in [6.07, 6.45) is 4.46. The molecule has 1 aliphatic rings. The van der Waals surface area contributed by atoms with Crippen molar-refractivity contribution in [3.05, 3.63) is 137 Å². The first-order chi connectivity index (χ1) is 20.7. The minimum absolute atomic E-state index is 0.105. The van der Waals surface area contributed by atoms with E-state index in [-0.39, 0.29) is 6.04 Å². The molecule has 7 nitrogen and oxygen atoms in total. The summed E-state index contributed by atoms with van der Waals surface area (Å²) in [5.74, 6) is 2.44. The minimum atomic E-state index is -0.105. The highest BCUT2D eigenvalue weighted by Crippen LogP contribution is 2.32. The predicted molar refractivity (Wildman–Crippen MR) is 167 cm³/mol. The van der Waals surface area contributed by atoms with Crippen LogP contribution >= 0.6 is 0 Å². The number of ether oxygens (including phenoxy) is 1. The third-order valence-electron chi connectivity index (χ3n) is 7.81. The van der Waals surface area contributed by atoms with Gasteiger partial charge in [0.25, 0.3) is 0 Å². The maximum atomic E-state index is 6.09. The molecule has 0 radical (unpaired) electrons. The molecular formula is C35H36N6O. The Morgan fingerprint density at radius 1 is 0.738 bits per heavy atom. The van der Waals surface area contributed by atoms with E-state index in [1.165, 1.54) is 5.56 Å². The van der Waals surface area contributed by atoms with E-state index in [0.29, 0.717) is 0 Å². The molecule has 4 aromatic carbocycles. The van der Waals surface area contributed by atoms with Crippen molar-refractivity contribution in [2.24, 2.45) is 0 Å². The molecule has 1 saturated heterocycles. The Labute approximate surface area is 247 Å². The number of tetrazole rings is 1. The van der Waals surface area contributed by atoms with Crippen LogP contribution < -0.4 is 4.74 Å². The van der Waals surface area contributed by atoms with Gasteiger partial charge >= 0.3 is 0 Å². The first kappa shape index (κ1) is 27.6. The highest BCUT2D eigenvalue weighted by Gasteiger charge is 2.31. The summed E-state index contributed by atoms with van der Waals surface area (Å²) in [4.78, 5) is 5.00. The fourth-order valence-corrected chi connectivity index (χ4v) is 5.64. The van der Waals surface area contributed by atoms with E-state index in [0.717, 1.165) is 72.4 Å². The second-order valence-corrected chi connectivity index (χ2v) is 10.7. The van der Waals surface area contributed by atoms with Crippen molar-refractivity contribution in [2.45, 2.75) is 19.9 Å². The van der Waals surface area contributed by atoms with Crippen LogP contribution in [-0.2, 0) is 0 Å². The van der Waals surface area contributed by atoms with E-state index >= 15 is 0 Å². The van der Waals surface area contributed by atoms with Gasteiger partial charge in [-0.05, 0) is 70.8 Å². The van der Waals surface area contributed by atoms with E-state index in [2.05, 4.69) is 106 Å². The van der Waals surface area contributed by atoms with E-state index in [1.807, 2.05) is 53.2 Å². The lowest BCUT2D eigenvalue weighted by Gasteiger charge is -2.38. The number of piperazine rings is 1. The summed E-state index contributed by atoms with van der Waals surface area (Å²) in [7, 11) is 0. The molecule has 0 bridgehead atoms. The zero-order valence-corrected chi connectivity index (χ0v) is 24.2. The Hall–Kier alpha value is -4.59. The number of nitrogens with zero attached hydrogens (tertiary/aromatic N) is 6. The third kappa shape index (κ3) is 6.33. The molecule has 0 N–H and O–H groups in total. The van der Waals surface area contributed by atoms with E-state index in [1.54, 1.807) is 0 Å². The largest absolute Gasteiger partial charge is 0.457 e. The number of hydrogen-bond acceptors (Lipinski definition) is 6. The monoisotopic (exact) mass is 556 g/mol. The maximum absolute atomic E-state index is 6.09. The summed E-state index contributed by atoms with van der Waals surface area (Å²) >= 11 is 0. The van der Waals surface area contributed by atoms with E-state index < -0.39 is 0 Å². The molecule has 1 aliphatic heterocycles. The number of rotatable bonds is 9. The molecule has 0 aliphatic carbocycles. The predicted octanol–water partition coefficient (Wildman–Crippen LogP) is 6.49. The topological polar surface area (TPSA) is 59.3 Å². The van der Waals surface area contributed by atoms with Gasteiger partial charge in [-0.15, -0.1) is 5.10 Å². The highest BCUT2D eigenvalue weighted by molar-refractivity contribution is 5.49. The van der Waals surface area contributed by atoms with Gasteiger partial charge in [0.2, 0.25) is 0 Å². The van der Waals surface area contributed by atoms with Crippen LogP contribution in [0.2, 0.25) is 0 Å². The van der Waals surface area contributed by atoms with Crippen molar-refractivity contribution < 1.29 is 4.74 Å². The van der Waals surface area contributed by atoms with E-state index in [9.17, 15) is 0 Å². The van der Waals surface area contributed by atoms with Crippen molar-refractivity contribution in [2.75, 3.05) is 32.7 Å². The molecule has 212 valence electrons. The summed E-state index contributed by atoms with van der Waals surface area (Å²) in [6, 6.07) is 34.9. The summed E-state index contributed by atoms with van der Waals surface area (Å²) in [6.45, 7) is 8.91. The van der Waals surface area contributed by atoms with Crippen LogP contribution in [0.25, 0.3) is 11.8 Å². The first-order valence-electron chi connectivity index (χ1n) is 14.5. The maximum Gasteiger partial charge on any atom is 0.178 e. The summed E-state index contributed by atoms with van der Waals surface area (Å²) < 4.78 is 8.01. The van der Waals surface area contributed by atoms with Gasteiger partial charge in [0.05, 0.1) is 11.7 Å². The van der Waals surface area contributed by atoms with Crippen LogP contribution in [0.4, 0.5) is 0 Å². The number of aromatic nitrogens is 4. The van der Waals surface area contributed by atoms with Crippen LogP contribution in [0, 0.1) is 13.8 Å². The second kappa shape index (κ2) is 12.9. The molecule has 5 aromatic rings. The molecule has 0 unspecified atom stereocenters. The fourth-order valence-electron chi connectivity index (χ4n) is 5.64. The molecule has 2 heterocycles. The third-order valence-corrected chi connectivity index (χ3v) is 7.81. The number of aryl methyl sites for hydroxylation is 2. The van der Waals surface area contributed by atoms with E-state index in [4.69, 9.17) is 4.74 Å². The molecule has 42 heavy (non-hydrogen) atoms. The van der Waals surface area contributed by atoms with Crippen molar-refractivity contribution in [1.29, 1.82) is 0 Å². The molecule has 0 saturated carbocycles. The van der Waals surface area contributed by atoms with Crippen LogP contribution in [0.3, 0.4) is 0 Å². The Balaban J connectivity index is 1.26. The first-order valence-corrected chi connectivity index (χ1v) is 14.5. The number of para-hydroxylation sites is 2. The van der Waals surface area contributed by atoms with Gasteiger partial charge in [0, 0.05) is 32.7 Å². The molecule has 0 spiro atoms. The SMILES string of the molecule is Cc1cccc(C)c1-n1nnnc1[C@H](c1ccc(Oc2ccccc2)cc1)N1CCN(C/C=C/c2ccccc2)CC1. The Morgan fingerprint density at radius 2 is 1.38 bits per heavy atom. The average molecular weight is 557 g/mol. The van der Waals surface area contributed by atoms with Gasteiger partial charge in [-0.2, -0.15) is 4.68 Å². The van der Waals surface area contributed by atoms with Crippen LogP contribution in [0.1, 0.15) is 34.1 Å². The summed E-state index contributed by atoms with van der Waals surface area (Å²) in [5, 5.41) is 13.3. The quantitative estimate of drug-likeness (QED) is 0.207. The summed E-state index contributed by atoms with van der Waals surface area (Å²) in [5.41, 5.74) is 5.69. The second-order valence-electron chi connectivity index (χ2n) is 10.7. The van der Waals surface area contributed by atoms with Crippen molar-refractivity contribution >= 4 is 6.08 Å². The van der Waals surface area contributed by atoms with Crippen LogP contribution in [0.5, 0.6) is 11.5 Å². The van der Waals surface area contributed by atoms with Gasteiger partial charge in [-0.3, -0.25) is 9.80 Å². The smallest absolute Gasteiger partial charge is 0.178 e. The molecule has 1 atom stereocenters. The zero-order chi connectivity index (χ0) is 28.7. The Kier molecular flexibility index (Phi) is 8.49. The average Bonchev–Trinajstić information content (AvgIpc) is 3.49. The van der Waals surface area contributed by atoms with Gasteiger partial charge in [0.1, 0.15) is 11.5 Å². The van der Waals surface area contributed by atoms with Crippen molar-refractivity contribution in [3.8, 4) is 17.2 Å². The van der Waals surface area contributed by atoms with Crippen molar-refractivity contribution in [1.82, 2.24) is 30.0 Å². The van der Waals surface area contributed by atoms with Gasteiger partial charge in [-0.25, -0.2) is 0 Å². The van der Waals surface area contributed by atoms with Crippen LogP contribution in [-0.4, -0.2) is 62.7 Å². The molecule has 0 amide bonds. The molecule has 7 heteroatoms. The van der Waals surface area contributed by atoms with Crippen LogP contribution in [0.15, 0.2) is 109 Å². The standard InChI is InChI=1S/C35H36N6O/c1-27-11-9-12-28(2)33(27)41-35(36-37-38-41)34(30-18-20-32(21-19-30)42-31-16-7-4-8-17-31)40-25-23-39(24-26-40)22-10-15-29-13-5-3-6-14-29/h3-21,34H,22-26H2,1-2H3/b15-10+/t34-/m0/s1. The van der Waals surface area contributed by atoms with Gasteiger partial charge in [-0.1, -0.05) is 91.0 Å².